The average molecular weight is 299 g/mol. The average Bonchev–Trinajstić information content (AvgIpc) is 2.78. The minimum Gasteiger partial charge on any atom is -0.398 e. The molecule has 0 radical (unpaired) electrons. The van der Waals surface area contributed by atoms with Crippen LogP contribution in [0.15, 0.2) is 29.4 Å². The quantitative estimate of drug-likeness (QED) is 0.760. The fourth-order valence-electron chi connectivity index (χ4n) is 1.61. The van der Waals surface area contributed by atoms with Crippen molar-refractivity contribution in [3.05, 3.63) is 36.2 Å². The van der Waals surface area contributed by atoms with Crippen LogP contribution in [0.2, 0.25) is 0 Å². The van der Waals surface area contributed by atoms with Crippen molar-refractivity contribution in [2.75, 3.05) is 12.3 Å². The van der Waals surface area contributed by atoms with E-state index in [4.69, 9.17) is 5.73 Å². The zero-order valence-electron chi connectivity index (χ0n) is 10.7. The number of hydrogen-bond acceptors (Lipinski definition) is 5. The molecule has 2 rings (SSSR count). The molecule has 1 aromatic carbocycles. The Kier molecular flexibility index (Phi) is 4.00. The smallest absolute Gasteiger partial charge is 0.242 e. The van der Waals surface area contributed by atoms with Crippen molar-refractivity contribution in [2.24, 2.45) is 7.05 Å². The lowest BCUT2D eigenvalue weighted by Gasteiger charge is -2.08. The van der Waals surface area contributed by atoms with E-state index in [0.29, 0.717) is 12.2 Å². The van der Waals surface area contributed by atoms with Crippen LogP contribution in [-0.2, 0) is 23.5 Å². The number of nitrogens with one attached hydrogen (secondary N) is 1. The zero-order chi connectivity index (χ0) is 14.8. The van der Waals surface area contributed by atoms with Gasteiger partial charge < -0.3 is 5.73 Å². The van der Waals surface area contributed by atoms with Gasteiger partial charge in [0, 0.05) is 20.0 Å². The van der Waals surface area contributed by atoms with Crippen molar-refractivity contribution in [3.63, 3.8) is 0 Å². The van der Waals surface area contributed by atoms with Gasteiger partial charge in [0.05, 0.1) is 5.69 Å². The Morgan fingerprint density at radius 2 is 2.20 bits per heavy atom. The summed E-state index contributed by atoms with van der Waals surface area (Å²) in [6, 6.07) is 3.20. The van der Waals surface area contributed by atoms with E-state index >= 15 is 0 Å². The van der Waals surface area contributed by atoms with E-state index in [1.54, 1.807) is 7.05 Å². The number of halogens is 1. The number of rotatable bonds is 5. The topological polar surface area (TPSA) is 103 Å². The van der Waals surface area contributed by atoms with Crippen LogP contribution in [0.1, 0.15) is 5.82 Å². The molecule has 0 unspecified atom stereocenters. The number of hydrogen-bond donors (Lipinski definition) is 2. The van der Waals surface area contributed by atoms with Gasteiger partial charge in [0.2, 0.25) is 10.0 Å². The minimum atomic E-state index is -3.85. The summed E-state index contributed by atoms with van der Waals surface area (Å²) in [4.78, 5) is 3.70. The summed E-state index contributed by atoms with van der Waals surface area (Å²) >= 11 is 0. The molecule has 0 aliphatic rings. The summed E-state index contributed by atoms with van der Waals surface area (Å²) in [5.74, 6) is -0.145. The maximum Gasteiger partial charge on any atom is 0.242 e. The number of nitrogens with two attached hydrogens (primary N) is 1. The molecule has 0 fully saturated rings. The van der Waals surface area contributed by atoms with E-state index in [1.807, 2.05) is 0 Å². The highest BCUT2D eigenvalue weighted by Crippen LogP contribution is 2.18. The standard InChI is InChI=1S/C11H14FN5O2S/c1-17-7-14-11(16-17)4-5-15-20(18,19)10-6-8(12)2-3-9(10)13/h2-3,6-7,15H,4-5,13H2,1H3. The monoisotopic (exact) mass is 299 g/mol. The summed E-state index contributed by atoms with van der Waals surface area (Å²) < 4.78 is 41.0. The molecule has 20 heavy (non-hydrogen) atoms. The Morgan fingerprint density at radius 3 is 2.85 bits per heavy atom. The molecule has 2 aromatic rings. The third-order valence-corrected chi connectivity index (χ3v) is 4.07. The van der Waals surface area contributed by atoms with Gasteiger partial charge in [-0.25, -0.2) is 22.5 Å². The highest BCUT2D eigenvalue weighted by molar-refractivity contribution is 7.89. The second-order valence-electron chi connectivity index (χ2n) is 4.16. The lowest BCUT2D eigenvalue weighted by atomic mass is 10.3. The Hall–Kier alpha value is -2.00. The van der Waals surface area contributed by atoms with Crippen molar-refractivity contribution in [1.82, 2.24) is 19.5 Å². The van der Waals surface area contributed by atoms with Gasteiger partial charge in [-0.1, -0.05) is 0 Å². The van der Waals surface area contributed by atoms with Crippen LogP contribution in [0.4, 0.5) is 10.1 Å². The Balaban J connectivity index is 2.06. The van der Waals surface area contributed by atoms with Crippen LogP contribution < -0.4 is 10.5 Å². The molecule has 108 valence electrons. The molecule has 1 aromatic heterocycles. The maximum absolute atomic E-state index is 13.1. The van der Waals surface area contributed by atoms with E-state index in [2.05, 4.69) is 14.8 Å². The molecule has 0 bridgehead atoms. The predicted molar refractivity (Wildman–Crippen MR) is 70.7 cm³/mol. The van der Waals surface area contributed by atoms with E-state index in [0.717, 1.165) is 12.1 Å². The highest BCUT2D eigenvalue weighted by Gasteiger charge is 2.18. The first-order chi connectivity index (χ1) is 9.38. The number of anilines is 1. The first kappa shape index (κ1) is 14.4. The van der Waals surface area contributed by atoms with Gasteiger partial charge in [-0.3, -0.25) is 4.68 Å². The predicted octanol–water partition coefficient (Wildman–Crippen LogP) is 0.0574. The van der Waals surface area contributed by atoms with Crippen molar-refractivity contribution in [1.29, 1.82) is 0 Å². The van der Waals surface area contributed by atoms with Gasteiger partial charge in [0.25, 0.3) is 0 Å². The number of aromatic nitrogens is 3. The van der Waals surface area contributed by atoms with Crippen molar-refractivity contribution < 1.29 is 12.8 Å². The van der Waals surface area contributed by atoms with Crippen LogP contribution in [-0.4, -0.2) is 29.7 Å². The fraction of sp³-hybridized carbons (Fsp3) is 0.273. The first-order valence-corrected chi connectivity index (χ1v) is 7.26. The summed E-state index contributed by atoms with van der Waals surface area (Å²) in [7, 11) is -2.14. The third kappa shape index (κ3) is 3.31. The highest BCUT2D eigenvalue weighted by atomic mass is 32.2. The molecule has 1 heterocycles. The second kappa shape index (κ2) is 5.55. The van der Waals surface area contributed by atoms with Crippen LogP contribution >= 0.6 is 0 Å². The molecule has 0 saturated carbocycles. The summed E-state index contributed by atoms with van der Waals surface area (Å²) in [5, 5.41) is 4.02. The molecular weight excluding hydrogens is 285 g/mol. The third-order valence-electron chi connectivity index (χ3n) is 2.55. The first-order valence-electron chi connectivity index (χ1n) is 5.78. The van der Waals surface area contributed by atoms with Gasteiger partial charge in [0.1, 0.15) is 17.0 Å². The maximum atomic E-state index is 13.1. The summed E-state index contributed by atoms with van der Waals surface area (Å²) in [5.41, 5.74) is 5.54. The second-order valence-corrected chi connectivity index (χ2v) is 5.90. The fourth-order valence-corrected chi connectivity index (χ4v) is 2.79. The number of benzene rings is 1. The van der Waals surface area contributed by atoms with Crippen molar-refractivity contribution >= 4 is 15.7 Å². The van der Waals surface area contributed by atoms with Gasteiger partial charge >= 0.3 is 0 Å². The van der Waals surface area contributed by atoms with E-state index in [-0.39, 0.29) is 17.1 Å². The molecule has 0 saturated heterocycles. The van der Waals surface area contributed by atoms with Gasteiger partial charge in [0.15, 0.2) is 5.82 Å². The molecule has 0 aliphatic carbocycles. The molecule has 3 N–H and O–H groups in total. The molecule has 9 heteroatoms. The lowest BCUT2D eigenvalue weighted by molar-refractivity contribution is 0.577. The van der Waals surface area contributed by atoms with Gasteiger partial charge in [-0.15, -0.1) is 0 Å². The number of nitrogen functional groups attached to an aromatic ring is 1. The van der Waals surface area contributed by atoms with Gasteiger partial charge in [-0.2, -0.15) is 5.10 Å². The van der Waals surface area contributed by atoms with Crippen LogP contribution in [0, 0.1) is 5.82 Å². The number of aryl methyl sites for hydroxylation is 1. The lowest BCUT2D eigenvalue weighted by Crippen LogP contribution is -2.27. The SMILES string of the molecule is Cn1cnc(CCNS(=O)(=O)c2cc(F)ccc2N)n1. The largest absolute Gasteiger partial charge is 0.398 e. The molecule has 0 amide bonds. The summed E-state index contributed by atoms with van der Waals surface area (Å²) in [6.07, 6.45) is 1.85. The molecular formula is C11H14FN5O2S. The van der Waals surface area contributed by atoms with Crippen LogP contribution in [0.5, 0.6) is 0 Å². The minimum absolute atomic E-state index is 0.00476. The molecule has 0 aliphatic heterocycles. The normalized spacial score (nSPS) is 11.7. The van der Waals surface area contributed by atoms with E-state index < -0.39 is 15.8 Å². The molecule has 0 spiro atoms. The number of sulfonamides is 1. The number of nitrogens with zero attached hydrogens (tertiary/aromatic N) is 3. The van der Waals surface area contributed by atoms with E-state index in [1.165, 1.54) is 17.1 Å². The summed E-state index contributed by atoms with van der Waals surface area (Å²) in [6.45, 7) is 0.0995. The Labute approximate surface area is 115 Å². The Morgan fingerprint density at radius 1 is 1.45 bits per heavy atom. The van der Waals surface area contributed by atoms with Crippen molar-refractivity contribution in [2.45, 2.75) is 11.3 Å². The molecule has 7 nitrogen and oxygen atoms in total. The van der Waals surface area contributed by atoms with E-state index in [9.17, 15) is 12.8 Å². The van der Waals surface area contributed by atoms with Crippen LogP contribution in [0.3, 0.4) is 0 Å². The Bertz CT molecular complexity index is 713. The molecule has 0 atom stereocenters. The van der Waals surface area contributed by atoms with Crippen molar-refractivity contribution in [3.8, 4) is 0 Å². The zero-order valence-corrected chi connectivity index (χ0v) is 11.6. The van der Waals surface area contributed by atoms with Gasteiger partial charge in [-0.05, 0) is 18.2 Å². The van der Waals surface area contributed by atoms with Crippen LogP contribution in [0.25, 0.3) is 0 Å².